The first-order valence-electron chi connectivity index (χ1n) is 7.43. The first-order chi connectivity index (χ1) is 9.24. The second-order valence-electron chi connectivity index (χ2n) is 5.26. The zero-order valence-electron chi connectivity index (χ0n) is 12.1. The topological polar surface area (TPSA) is 32.7 Å². The van der Waals surface area contributed by atoms with Gasteiger partial charge in [-0.15, -0.1) is 0 Å². The predicted molar refractivity (Wildman–Crippen MR) is 77.6 cm³/mol. The van der Waals surface area contributed by atoms with Gasteiger partial charge < -0.3 is 9.84 Å². The molecular weight excluding hydrogens is 238 g/mol. The van der Waals surface area contributed by atoms with E-state index in [-0.39, 0.29) is 5.75 Å². The van der Waals surface area contributed by atoms with Gasteiger partial charge >= 0.3 is 0 Å². The van der Waals surface area contributed by atoms with E-state index in [0.29, 0.717) is 18.4 Å². The van der Waals surface area contributed by atoms with Crippen LogP contribution < -0.4 is 4.74 Å². The van der Waals surface area contributed by atoms with Crippen LogP contribution in [0.15, 0.2) is 18.2 Å². The van der Waals surface area contributed by atoms with Crippen LogP contribution in [-0.2, 0) is 6.54 Å². The first-order valence-corrected chi connectivity index (χ1v) is 7.43. The van der Waals surface area contributed by atoms with Gasteiger partial charge in [0.25, 0.3) is 0 Å². The number of aromatic hydroxyl groups is 1. The molecule has 0 spiro atoms. The zero-order chi connectivity index (χ0) is 13.7. The summed E-state index contributed by atoms with van der Waals surface area (Å²) in [6.45, 7) is 6.93. The summed E-state index contributed by atoms with van der Waals surface area (Å²) < 4.78 is 5.45. The summed E-state index contributed by atoms with van der Waals surface area (Å²) in [5.41, 5.74) is 1.22. The summed E-state index contributed by atoms with van der Waals surface area (Å²) in [6.07, 6.45) is 5.19. The Labute approximate surface area is 116 Å². The normalized spacial score (nSPS) is 20.4. The van der Waals surface area contributed by atoms with Crippen molar-refractivity contribution < 1.29 is 9.84 Å². The van der Waals surface area contributed by atoms with Gasteiger partial charge in [-0.1, -0.05) is 19.4 Å². The Morgan fingerprint density at radius 3 is 2.89 bits per heavy atom. The van der Waals surface area contributed by atoms with E-state index in [1.165, 1.54) is 37.8 Å². The average molecular weight is 263 g/mol. The Hall–Kier alpha value is -1.22. The summed E-state index contributed by atoms with van der Waals surface area (Å²) in [5.74, 6) is 0.835. The van der Waals surface area contributed by atoms with Gasteiger partial charge in [-0.05, 0) is 50.4 Å². The predicted octanol–water partition coefficient (Wildman–Crippen LogP) is 3.56. The van der Waals surface area contributed by atoms with Crippen LogP contribution in [-0.4, -0.2) is 29.2 Å². The molecule has 0 saturated carbocycles. The number of phenolic OH excluding ortho intramolecular Hbond substituents is 1. The van der Waals surface area contributed by atoms with Crippen molar-refractivity contribution in [1.82, 2.24) is 4.90 Å². The lowest BCUT2D eigenvalue weighted by atomic mass is 9.99. The number of likely N-dealkylation sites (tertiary alicyclic amines) is 1. The van der Waals surface area contributed by atoms with Crippen molar-refractivity contribution in [3.05, 3.63) is 23.8 Å². The molecular formula is C16H25NO2. The number of benzene rings is 1. The van der Waals surface area contributed by atoms with E-state index in [2.05, 4.69) is 11.8 Å². The minimum atomic E-state index is 0.233. The van der Waals surface area contributed by atoms with Crippen molar-refractivity contribution in [3.8, 4) is 11.5 Å². The van der Waals surface area contributed by atoms with Gasteiger partial charge in [0.05, 0.1) is 6.61 Å². The Morgan fingerprint density at radius 1 is 1.32 bits per heavy atom. The van der Waals surface area contributed by atoms with Crippen LogP contribution in [0.2, 0.25) is 0 Å². The van der Waals surface area contributed by atoms with E-state index in [0.717, 1.165) is 6.54 Å². The Bertz CT molecular complexity index is 406. The molecule has 0 aliphatic carbocycles. The molecule has 1 aromatic rings. The van der Waals surface area contributed by atoms with Crippen molar-refractivity contribution in [2.24, 2.45) is 0 Å². The summed E-state index contributed by atoms with van der Waals surface area (Å²) in [4.78, 5) is 2.56. The van der Waals surface area contributed by atoms with Gasteiger partial charge in [-0.3, -0.25) is 4.90 Å². The van der Waals surface area contributed by atoms with Crippen LogP contribution in [0, 0.1) is 0 Å². The van der Waals surface area contributed by atoms with Gasteiger partial charge in [0.15, 0.2) is 11.5 Å². The molecule has 0 amide bonds. The van der Waals surface area contributed by atoms with Gasteiger partial charge in [0.2, 0.25) is 0 Å². The van der Waals surface area contributed by atoms with Crippen molar-refractivity contribution in [2.75, 3.05) is 13.2 Å². The molecule has 1 aromatic carbocycles. The fraction of sp³-hybridized carbons (Fsp3) is 0.625. The highest BCUT2D eigenvalue weighted by Gasteiger charge is 2.20. The molecule has 3 nitrogen and oxygen atoms in total. The summed E-state index contributed by atoms with van der Waals surface area (Å²) in [7, 11) is 0. The van der Waals surface area contributed by atoms with E-state index >= 15 is 0 Å². The monoisotopic (exact) mass is 263 g/mol. The number of piperidine rings is 1. The van der Waals surface area contributed by atoms with Gasteiger partial charge in [-0.25, -0.2) is 0 Å². The van der Waals surface area contributed by atoms with Crippen molar-refractivity contribution in [3.63, 3.8) is 0 Å². The molecule has 1 saturated heterocycles. The molecule has 1 unspecified atom stereocenters. The fourth-order valence-corrected chi connectivity index (χ4v) is 2.89. The van der Waals surface area contributed by atoms with Crippen LogP contribution in [0.25, 0.3) is 0 Å². The molecule has 2 rings (SSSR count). The zero-order valence-corrected chi connectivity index (χ0v) is 12.1. The SMILES string of the molecule is CCOc1cc(CN2CCCCC2CC)ccc1O. The highest BCUT2D eigenvalue weighted by atomic mass is 16.5. The van der Waals surface area contributed by atoms with E-state index < -0.39 is 0 Å². The molecule has 106 valence electrons. The Balaban J connectivity index is 2.07. The maximum atomic E-state index is 9.73. The highest BCUT2D eigenvalue weighted by Crippen LogP contribution is 2.29. The summed E-state index contributed by atoms with van der Waals surface area (Å²) >= 11 is 0. The van der Waals surface area contributed by atoms with E-state index in [4.69, 9.17) is 4.74 Å². The molecule has 1 heterocycles. The molecule has 1 atom stereocenters. The van der Waals surface area contributed by atoms with Crippen LogP contribution in [0.1, 0.15) is 45.1 Å². The number of hydrogen-bond acceptors (Lipinski definition) is 3. The number of nitrogens with zero attached hydrogens (tertiary/aromatic N) is 1. The van der Waals surface area contributed by atoms with Crippen LogP contribution in [0.5, 0.6) is 11.5 Å². The second kappa shape index (κ2) is 6.80. The maximum absolute atomic E-state index is 9.73. The van der Waals surface area contributed by atoms with Crippen molar-refractivity contribution >= 4 is 0 Å². The van der Waals surface area contributed by atoms with E-state index in [1.807, 2.05) is 19.1 Å². The molecule has 1 fully saturated rings. The van der Waals surface area contributed by atoms with Gasteiger partial charge in [0, 0.05) is 12.6 Å². The third-order valence-electron chi connectivity index (χ3n) is 3.93. The largest absolute Gasteiger partial charge is 0.504 e. The molecule has 0 bridgehead atoms. The average Bonchev–Trinajstić information content (AvgIpc) is 2.43. The minimum absolute atomic E-state index is 0.233. The molecule has 1 N–H and O–H groups in total. The Kier molecular flexibility index (Phi) is 5.08. The van der Waals surface area contributed by atoms with Gasteiger partial charge in [-0.2, -0.15) is 0 Å². The van der Waals surface area contributed by atoms with Crippen molar-refractivity contribution in [1.29, 1.82) is 0 Å². The maximum Gasteiger partial charge on any atom is 0.161 e. The van der Waals surface area contributed by atoms with Crippen LogP contribution in [0.4, 0.5) is 0 Å². The standard InChI is InChI=1S/C16H25NO2/c1-3-14-7-5-6-10-17(14)12-13-8-9-15(18)16(11-13)19-4-2/h8-9,11,14,18H,3-7,10,12H2,1-2H3. The molecule has 19 heavy (non-hydrogen) atoms. The smallest absolute Gasteiger partial charge is 0.161 e. The summed E-state index contributed by atoms with van der Waals surface area (Å²) in [5, 5.41) is 9.73. The summed E-state index contributed by atoms with van der Waals surface area (Å²) in [6, 6.07) is 6.42. The third-order valence-corrected chi connectivity index (χ3v) is 3.93. The first kappa shape index (κ1) is 14.2. The number of rotatable bonds is 5. The molecule has 1 aliphatic heterocycles. The molecule has 1 aliphatic rings. The van der Waals surface area contributed by atoms with Crippen LogP contribution in [0.3, 0.4) is 0 Å². The molecule has 3 heteroatoms. The van der Waals surface area contributed by atoms with Gasteiger partial charge in [0.1, 0.15) is 0 Å². The lowest BCUT2D eigenvalue weighted by Crippen LogP contribution is -2.38. The van der Waals surface area contributed by atoms with Crippen LogP contribution >= 0.6 is 0 Å². The van der Waals surface area contributed by atoms with Crippen molar-refractivity contribution in [2.45, 2.75) is 52.1 Å². The Morgan fingerprint density at radius 2 is 2.16 bits per heavy atom. The fourth-order valence-electron chi connectivity index (χ4n) is 2.89. The number of hydrogen-bond donors (Lipinski definition) is 1. The number of phenols is 1. The quantitative estimate of drug-likeness (QED) is 0.881. The third kappa shape index (κ3) is 3.63. The molecule has 0 aromatic heterocycles. The van der Waals surface area contributed by atoms with E-state index in [9.17, 15) is 5.11 Å². The second-order valence-corrected chi connectivity index (χ2v) is 5.26. The lowest BCUT2D eigenvalue weighted by Gasteiger charge is -2.35. The molecule has 0 radical (unpaired) electrons. The van der Waals surface area contributed by atoms with E-state index in [1.54, 1.807) is 6.07 Å². The minimum Gasteiger partial charge on any atom is -0.504 e. The number of ether oxygens (including phenoxy) is 1. The lowest BCUT2D eigenvalue weighted by molar-refractivity contribution is 0.136. The highest BCUT2D eigenvalue weighted by molar-refractivity contribution is 5.41.